The number of halogens is 1. The van der Waals surface area contributed by atoms with Gasteiger partial charge < -0.3 is 5.43 Å². The van der Waals surface area contributed by atoms with Crippen molar-refractivity contribution in [3.05, 3.63) is 63.7 Å². The van der Waals surface area contributed by atoms with Gasteiger partial charge in [-0.05, 0) is 24.3 Å². The molecule has 0 aromatic heterocycles. The summed E-state index contributed by atoms with van der Waals surface area (Å²) in [5.74, 6) is 0. The second-order valence-electron chi connectivity index (χ2n) is 3.97. The van der Waals surface area contributed by atoms with Crippen LogP contribution in [0.25, 0.3) is 0 Å². The van der Waals surface area contributed by atoms with E-state index in [-0.39, 0.29) is 9.92 Å². The Balaban J connectivity index is 2.24. The van der Waals surface area contributed by atoms with Crippen LogP contribution in [0.3, 0.4) is 0 Å². The average molecular weight is 328 g/mol. The van der Waals surface area contributed by atoms with Crippen LogP contribution in [0.5, 0.6) is 0 Å². The van der Waals surface area contributed by atoms with Gasteiger partial charge >= 0.3 is 0 Å². The molecule has 0 saturated heterocycles. The second-order valence-corrected chi connectivity index (χ2v) is 6.06. The maximum absolute atomic E-state index is 12.1. The van der Waals surface area contributed by atoms with Gasteiger partial charge in [-0.3, -0.25) is 10.1 Å². The van der Waals surface area contributed by atoms with E-state index in [4.69, 9.17) is 11.6 Å². The first-order chi connectivity index (χ1) is 9.90. The lowest BCUT2D eigenvalue weighted by Gasteiger charge is -2.09. The molecule has 0 atom stereocenters. The van der Waals surface area contributed by atoms with Gasteiger partial charge in [0.15, 0.2) is 0 Å². The highest BCUT2D eigenvalue weighted by Crippen LogP contribution is 2.26. The van der Waals surface area contributed by atoms with Crippen LogP contribution in [-0.2, 0) is 10.0 Å². The van der Waals surface area contributed by atoms with Crippen molar-refractivity contribution in [1.29, 1.82) is 0 Å². The van der Waals surface area contributed by atoms with E-state index >= 15 is 0 Å². The summed E-state index contributed by atoms with van der Waals surface area (Å²) in [5.41, 5.74) is 2.56. The Bertz CT molecular complexity index is 765. The molecule has 110 valence electrons. The number of hydrogen-bond donors (Lipinski definition) is 2. The molecule has 0 amide bonds. The third-order valence-electron chi connectivity index (χ3n) is 2.53. The molecule has 2 aromatic carbocycles. The van der Waals surface area contributed by atoms with Gasteiger partial charge in [-0.1, -0.05) is 29.8 Å². The minimum absolute atomic E-state index is 0.130. The first kappa shape index (κ1) is 15.2. The van der Waals surface area contributed by atoms with Crippen molar-refractivity contribution in [3.63, 3.8) is 0 Å². The van der Waals surface area contributed by atoms with Crippen LogP contribution in [0.4, 0.5) is 11.4 Å². The standard InChI is InChI=1S/C12H10ClN3O4S/c13-11-7-6-10(8-12(11)16(17)18)21(19,20)15-14-9-4-2-1-3-5-9/h1-8,14-15H. The van der Waals surface area contributed by atoms with Crippen molar-refractivity contribution >= 4 is 33.0 Å². The number of rotatable bonds is 5. The number of nitro benzene ring substituents is 1. The number of para-hydroxylation sites is 1. The number of anilines is 1. The number of nitrogens with zero attached hydrogens (tertiary/aromatic N) is 1. The highest BCUT2D eigenvalue weighted by atomic mass is 35.5. The van der Waals surface area contributed by atoms with Gasteiger partial charge in [0.1, 0.15) is 5.02 Å². The predicted molar refractivity (Wildman–Crippen MR) is 78.5 cm³/mol. The largest absolute Gasteiger partial charge is 0.308 e. The number of hydrogen-bond acceptors (Lipinski definition) is 5. The Morgan fingerprint density at radius 3 is 2.38 bits per heavy atom. The molecular formula is C12H10ClN3O4S. The molecule has 0 bridgehead atoms. The van der Waals surface area contributed by atoms with Crippen LogP contribution >= 0.6 is 11.6 Å². The van der Waals surface area contributed by atoms with Gasteiger partial charge in [-0.15, -0.1) is 4.83 Å². The molecule has 0 aliphatic heterocycles. The van der Waals surface area contributed by atoms with Crippen LogP contribution < -0.4 is 10.3 Å². The van der Waals surface area contributed by atoms with Gasteiger partial charge in [0.2, 0.25) is 0 Å². The van der Waals surface area contributed by atoms with Crippen molar-refractivity contribution in [2.45, 2.75) is 4.90 Å². The molecule has 2 rings (SSSR count). The Labute approximate surface area is 125 Å². The van der Waals surface area contributed by atoms with E-state index in [1.807, 2.05) is 0 Å². The van der Waals surface area contributed by atoms with E-state index in [1.165, 1.54) is 6.07 Å². The highest BCUT2D eigenvalue weighted by molar-refractivity contribution is 7.89. The van der Waals surface area contributed by atoms with Crippen molar-refractivity contribution in [2.24, 2.45) is 0 Å². The molecular weight excluding hydrogens is 318 g/mol. The zero-order valence-electron chi connectivity index (χ0n) is 10.5. The third-order valence-corrected chi connectivity index (χ3v) is 4.09. The lowest BCUT2D eigenvalue weighted by Crippen LogP contribution is -2.29. The van der Waals surface area contributed by atoms with Gasteiger partial charge in [0.25, 0.3) is 15.7 Å². The highest BCUT2D eigenvalue weighted by Gasteiger charge is 2.20. The summed E-state index contributed by atoms with van der Waals surface area (Å²) < 4.78 is 24.1. The summed E-state index contributed by atoms with van der Waals surface area (Å²) in [6.07, 6.45) is 0. The topological polar surface area (TPSA) is 101 Å². The SMILES string of the molecule is O=[N+]([O-])c1cc(S(=O)(=O)NNc2ccccc2)ccc1Cl. The number of benzene rings is 2. The molecule has 0 saturated carbocycles. The normalized spacial score (nSPS) is 11.1. The number of nitrogens with one attached hydrogen (secondary N) is 2. The average Bonchev–Trinajstić information content (AvgIpc) is 2.46. The van der Waals surface area contributed by atoms with E-state index in [1.54, 1.807) is 30.3 Å². The number of nitro groups is 1. The van der Waals surface area contributed by atoms with Crippen molar-refractivity contribution in [1.82, 2.24) is 4.83 Å². The summed E-state index contributed by atoms with van der Waals surface area (Å²) in [4.78, 5) is 11.9. The molecule has 0 unspecified atom stereocenters. The number of hydrazine groups is 1. The molecule has 0 aliphatic carbocycles. The van der Waals surface area contributed by atoms with E-state index in [2.05, 4.69) is 10.3 Å². The van der Waals surface area contributed by atoms with Crippen molar-refractivity contribution in [2.75, 3.05) is 5.43 Å². The lowest BCUT2D eigenvalue weighted by molar-refractivity contribution is -0.384. The Hall–Kier alpha value is -2.16. The first-order valence-electron chi connectivity index (χ1n) is 5.67. The molecule has 0 fully saturated rings. The van der Waals surface area contributed by atoms with E-state index in [0.717, 1.165) is 12.1 Å². The summed E-state index contributed by atoms with van der Waals surface area (Å²) in [6, 6.07) is 11.8. The van der Waals surface area contributed by atoms with Crippen LogP contribution in [0.1, 0.15) is 0 Å². The van der Waals surface area contributed by atoms with Crippen molar-refractivity contribution in [3.8, 4) is 0 Å². The van der Waals surface area contributed by atoms with Gasteiger partial charge in [-0.2, -0.15) is 0 Å². The van der Waals surface area contributed by atoms with Crippen molar-refractivity contribution < 1.29 is 13.3 Å². The van der Waals surface area contributed by atoms with E-state index < -0.39 is 20.6 Å². The quantitative estimate of drug-likeness (QED) is 0.649. The Kier molecular flexibility index (Phi) is 4.41. The fraction of sp³-hybridized carbons (Fsp3) is 0. The van der Waals surface area contributed by atoms with Gasteiger partial charge in [-0.25, -0.2) is 8.42 Å². The summed E-state index contributed by atoms with van der Waals surface area (Å²) in [6.45, 7) is 0. The molecule has 0 aliphatic rings. The van der Waals surface area contributed by atoms with Gasteiger partial charge in [0, 0.05) is 11.8 Å². The maximum Gasteiger partial charge on any atom is 0.289 e. The molecule has 0 heterocycles. The smallest absolute Gasteiger partial charge is 0.289 e. The minimum atomic E-state index is -3.96. The predicted octanol–water partition coefficient (Wildman–Crippen LogP) is 2.55. The number of sulfonamides is 1. The van der Waals surface area contributed by atoms with Crippen LogP contribution in [0.2, 0.25) is 5.02 Å². The van der Waals surface area contributed by atoms with Crippen LogP contribution in [0.15, 0.2) is 53.4 Å². The summed E-state index contributed by atoms with van der Waals surface area (Å²) >= 11 is 5.64. The third kappa shape index (κ3) is 3.69. The van der Waals surface area contributed by atoms with Crippen LogP contribution in [0, 0.1) is 10.1 Å². The first-order valence-corrected chi connectivity index (χ1v) is 7.53. The molecule has 7 nitrogen and oxygen atoms in total. The monoisotopic (exact) mass is 327 g/mol. The molecule has 0 spiro atoms. The lowest BCUT2D eigenvalue weighted by atomic mass is 10.3. The summed E-state index contributed by atoms with van der Waals surface area (Å²) in [7, 11) is -3.96. The van der Waals surface area contributed by atoms with E-state index in [0.29, 0.717) is 5.69 Å². The molecule has 9 heteroatoms. The minimum Gasteiger partial charge on any atom is -0.308 e. The fourth-order valence-electron chi connectivity index (χ4n) is 1.51. The molecule has 2 N–H and O–H groups in total. The zero-order valence-corrected chi connectivity index (χ0v) is 12.1. The Morgan fingerprint density at radius 1 is 1.10 bits per heavy atom. The maximum atomic E-state index is 12.1. The fourth-order valence-corrected chi connectivity index (χ4v) is 2.58. The molecule has 0 radical (unpaired) electrons. The second kappa shape index (κ2) is 6.08. The van der Waals surface area contributed by atoms with Crippen LogP contribution in [-0.4, -0.2) is 13.3 Å². The molecule has 21 heavy (non-hydrogen) atoms. The van der Waals surface area contributed by atoms with Gasteiger partial charge in [0.05, 0.1) is 9.82 Å². The van der Waals surface area contributed by atoms with E-state index in [9.17, 15) is 18.5 Å². The zero-order chi connectivity index (χ0) is 15.5. The Morgan fingerprint density at radius 2 is 1.76 bits per heavy atom. The molecule has 2 aromatic rings. The summed E-state index contributed by atoms with van der Waals surface area (Å²) in [5, 5.41) is 10.6.